The standard InChI is InChI=1S/C18H17Cl2F2N5O/c1-10-7-15(16(21)22)24-27(10)11(2)18(28)23-17-14(20)9-26(25-17)8-12-3-5-13(19)6-4-12/h3-7,9,11,16H,8H2,1-2H3,(H,23,25,28). The molecule has 1 aromatic carbocycles. The van der Waals surface area contributed by atoms with Gasteiger partial charge < -0.3 is 5.32 Å². The zero-order chi connectivity index (χ0) is 20.4. The lowest BCUT2D eigenvalue weighted by Gasteiger charge is -2.13. The van der Waals surface area contributed by atoms with Crippen molar-refractivity contribution in [2.75, 3.05) is 5.32 Å². The maximum Gasteiger partial charge on any atom is 0.282 e. The number of carbonyl (C=O) groups is 1. The van der Waals surface area contributed by atoms with Crippen molar-refractivity contribution in [1.82, 2.24) is 19.6 Å². The van der Waals surface area contributed by atoms with Gasteiger partial charge in [-0.1, -0.05) is 35.3 Å². The van der Waals surface area contributed by atoms with E-state index in [4.69, 9.17) is 23.2 Å². The Morgan fingerprint density at radius 1 is 1.21 bits per heavy atom. The van der Waals surface area contributed by atoms with Crippen LogP contribution in [0.3, 0.4) is 0 Å². The number of hydrogen-bond acceptors (Lipinski definition) is 3. The van der Waals surface area contributed by atoms with Crippen LogP contribution >= 0.6 is 23.2 Å². The van der Waals surface area contributed by atoms with Gasteiger partial charge in [0.15, 0.2) is 5.82 Å². The summed E-state index contributed by atoms with van der Waals surface area (Å²) in [6.07, 6.45) is -1.11. The number of anilines is 1. The molecule has 0 saturated heterocycles. The molecule has 0 fully saturated rings. The van der Waals surface area contributed by atoms with Crippen LogP contribution in [-0.4, -0.2) is 25.5 Å². The van der Waals surface area contributed by atoms with Crippen molar-refractivity contribution in [2.45, 2.75) is 32.9 Å². The number of alkyl halides is 2. The van der Waals surface area contributed by atoms with Crippen molar-refractivity contribution in [1.29, 1.82) is 0 Å². The molecule has 0 saturated carbocycles. The molecule has 148 valence electrons. The fourth-order valence-electron chi connectivity index (χ4n) is 2.68. The quantitative estimate of drug-likeness (QED) is 0.609. The lowest BCUT2D eigenvalue weighted by Crippen LogP contribution is -2.25. The SMILES string of the molecule is Cc1cc(C(F)F)nn1C(C)C(=O)Nc1nn(Cc2ccc(Cl)cc2)cc1Cl. The molecule has 2 heterocycles. The summed E-state index contributed by atoms with van der Waals surface area (Å²) in [7, 11) is 0. The van der Waals surface area contributed by atoms with Gasteiger partial charge in [-0.05, 0) is 37.6 Å². The Kier molecular flexibility index (Phi) is 6.00. The van der Waals surface area contributed by atoms with E-state index in [1.165, 1.54) is 10.7 Å². The third-order valence-electron chi connectivity index (χ3n) is 4.13. The predicted octanol–water partition coefficient (Wildman–Crippen LogP) is 4.88. The first-order valence-corrected chi connectivity index (χ1v) is 9.12. The number of aryl methyl sites for hydroxylation is 1. The Balaban J connectivity index is 1.71. The summed E-state index contributed by atoms with van der Waals surface area (Å²) in [5.74, 6) is -0.281. The van der Waals surface area contributed by atoms with Crippen LogP contribution in [0.5, 0.6) is 0 Å². The number of benzene rings is 1. The van der Waals surface area contributed by atoms with Gasteiger partial charge >= 0.3 is 0 Å². The highest BCUT2D eigenvalue weighted by Crippen LogP contribution is 2.24. The van der Waals surface area contributed by atoms with Crippen molar-refractivity contribution in [3.05, 3.63) is 63.5 Å². The summed E-state index contributed by atoms with van der Waals surface area (Å²) < 4.78 is 28.5. The van der Waals surface area contributed by atoms with Crippen molar-refractivity contribution >= 4 is 34.9 Å². The third kappa shape index (κ3) is 4.51. The number of carbonyl (C=O) groups excluding carboxylic acids is 1. The Labute approximate surface area is 170 Å². The van der Waals surface area contributed by atoms with Crippen LogP contribution in [0.15, 0.2) is 36.5 Å². The summed E-state index contributed by atoms with van der Waals surface area (Å²) in [5, 5.41) is 11.6. The van der Waals surface area contributed by atoms with Crippen LogP contribution in [0.2, 0.25) is 10.0 Å². The number of aromatic nitrogens is 4. The second-order valence-electron chi connectivity index (χ2n) is 6.27. The minimum absolute atomic E-state index is 0.186. The van der Waals surface area contributed by atoms with E-state index >= 15 is 0 Å². The Morgan fingerprint density at radius 2 is 1.89 bits per heavy atom. The van der Waals surface area contributed by atoms with E-state index < -0.39 is 18.4 Å². The van der Waals surface area contributed by atoms with Gasteiger partial charge in [0.05, 0.1) is 6.54 Å². The Hall–Kier alpha value is -2.45. The summed E-state index contributed by atoms with van der Waals surface area (Å²) in [5.41, 5.74) is 1.04. The second kappa shape index (κ2) is 8.28. The molecule has 0 aliphatic rings. The number of amides is 1. The molecule has 3 aromatic rings. The summed E-state index contributed by atoms with van der Waals surface area (Å²) in [6, 6.07) is 7.70. The molecule has 0 aliphatic carbocycles. The Bertz CT molecular complexity index is 985. The number of nitrogens with zero attached hydrogens (tertiary/aromatic N) is 4. The van der Waals surface area contributed by atoms with Gasteiger partial charge in [-0.3, -0.25) is 14.2 Å². The molecule has 0 radical (unpaired) electrons. The summed E-state index contributed by atoms with van der Waals surface area (Å²) >= 11 is 12.0. The van der Waals surface area contributed by atoms with Crippen molar-refractivity contribution < 1.29 is 13.6 Å². The van der Waals surface area contributed by atoms with Crippen LogP contribution in [0.1, 0.15) is 36.3 Å². The molecule has 6 nitrogen and oxygen atoms in total. The molecule has 1 amide bonds. The monoisotopic (exact) mass is 427 g/mol. The van der Waals surface area contributed by atoms with Gasteiger partial charge in [0.1, 0.15) is 16.8 Å². The van der Waals surface area contributed by atoms with E-state index in [1.54, 1.807) is 36.9 Å². The average molecular weight is 428 g/mol. The van der Waals surface area contributed by atoms with Crippen molar-refractivity contribution in [2.24, 2.45) is 0 Å². The van der Waals surface area contributed by atoms with Crippen molar-refractivity contribution in [3.63, 3.8) is 0 Å². The molecule has 3 rings (SSSR count). The lowest BCUT2D eigenvalue weighted by atomic mass is 10.2. The minimum Gasteiger partial charge on any atom is -0.306 e. The first kappa shape index (κ1) is 20.3. The molecular weight excluding hydrogens is 411 g/mol. The topological polar surface area (TPSA) is 64.7 Å². The summed E-state index contributed by atoms with van der Waals surface area (Å²) in [6.45, 7) is 3.61. The highest BCUT2D eigenvalue weighted by molar-refractivity contribution is 6.33. The van der Waals surface area contributed by atoms with Gasteiger partial charge in [-0.15, -0.1) is 0 Å². The Morgan fingerprint density at radius 3 is 2.50 bits per heavy atom. The normalized spacial score (nSPS) is 12.4. The van der Waals surface area contributed by atoms with Gasteiger partial charge in [-0.25, -0.2) is 8.78 Å². The number of nitrogens with one attached hydrogen (secondary N) is 1. The van der Waals surface area contributed by atoms with E-state index in [-0.39, 0.29) is 16.5 Å². The molecule has 0 spiro atoms. The van der Waals surface area contributed by atoms with Gasteiger partial charge in [0.2, 0.25) is 5.91 Å². The molecule has 0 aliphatic heterocycles. The highest BCUT2D eigenvalue weighted by Gasteiger charge is 2.22. The van der Waals surface area contributed by atoms with Gasteiger partial charge in [-0.2, -0.15) is 10.2 Å². The van der Waals surface area contributed by atoms with Gasteiger partial charge in [0, 0.05) is 16.9 Å². The van der Waals surface area contributed by atoms with Crippen LogP contribution < -0.4 is 5.32 Å². The molecule has 0 bridgehead atoms. The fourth-order valence-corrected chi connectivity index (χ4v) is 3.01. The smallest absolute Gasteiger partial charge is 0.282 e. The van der Waals surface area contributed by atoms with Crippen LogP contribution in [-0.2, 0) is 11.3 Å². The third-order valence-corrected chi connectivity index (χ3v) is 4.66. The molecule has 10 heteroatoms. The predicted molar refractivity (Wildman–Crippen MR) is 103 cm³/mol. The minimum atomic E-state index is -2.70. The van der Waals surface area contributed by atoms with E-state index in [0.29, 0.717) is 17.3 Å². The molecule has 1 unspecified atom stereocenters. The zero-order valence-electron chi connectivity index (χ0n) is 15.0. The highest BCUT2D eigenvalue weighted by atomic mass is 35.5. The average Bonchev–Trinajstić information content (AvgIpc) is 3.19. The molecular formula is C18H17Cl2F2N5O. The largest absolute Gasteiger partial charge is 0.306 e. The van der Waals surface area contributed by atoms with Crippen LogP contribution in [0, 0.1) is 6.92 Å². The lowest BCUT2D eigenvalue weighted by molar-refractivity contribution is -0.119. The zero-order valence-corrected chi connectivity index (χ0v) is 16.5. The van der Waals surface area contributed by atoms with Crippen LogP contribution in [0.4, 0.5) is 14.6 Å². The van der Waals surface area contributed by atoms with E-state index in [1.807, 2.05) is 12.1 Å². The number of hydrogen-bond donors (Lipinski definition) is 1. The number of rotatable bonds is 6. The number of halogens is 4. The van der Waals surface area contributed by atoms with E-state index in [2.05, 4.69) is 15.5 Å². The van der Waals surface area contributed by atoms with Crippen molar-refractivity contribution in [3.8, 4) is 0 Å². The van der Waals surface area contributed by atoms with E-state index in [9.17, 15) is 13.6 Å². The van der Waals surface area contributed by atoms with Gasteiger partial charge in [0.25, 0.3) is 6.43 Å². The van der Waals surface area contributed by atoms with E-state index in [0.717, 1.165) is 5.56 Å². The molecule has 1 N–H and O–H groups in total. The first-order chi connectivity index (χ1) is 13.2. The maximum absolute atomic E-state index is 12.8. The molecule has 1 atom stereocenters. The molecule has 2 aromatic heterocycles. The summed E-state index contributed by atoms with van der Waals surface area (Å²) in [4.78, 5) is 12.5. The second-order valence-corrected chi connectivity index (χ2v) is 7.11. The fraction of sp³-hybridized carbons (Fsp3) is 0.278. The first-order valence-electron chi connectivity index (χ1n) is 8.37. The maximum atomic E-state index is 12.8. The molecule has 28 heavy (non-hydrogen) atoms. The van der Waals surface area contributed by atoms with Crippen LogP contribution in [0.25, 0.3) is 0 Å².